The Kier molecular flexibility index (Phi) is 4.95. The molecule has 1 fully saturated rings. The summed E-state index contributed by atoms with van der Waals surface area (Å²) in [5.41, 5.74) is 2.40. The van der Waals surface area contributed by atoms with Crippen molar-refractivity contribution >= 4 is 34.5 Å². The lowest BCUT2D eigenvalue weighted by atomic mass is 10.1. The molecule has 0 bridgehead atoms. The van der Waals surface area contributed by atoms with Crippen molar-refractivity contribution in [3.63, 3.8) is 0 Å². The van der Waals surface area contributed by atoms with E-state index >= 15 is 0 Å². The molecule has 0 radical (unpaired) electrons. The Hall–Kier alpha value is -3.00. The van der Waals surface area contributed by atoms with Gasteiger partial charge in [-0.15, -0.1) is 0 Å². The van der Waals surface area contributed by atoms with Crippen molar-refractivity contribution < 1.29 is 19.1 Å². The van der Waals surface area contributed by atoms with E-state index < -0.39 is 0 Å². The van der Waals surface area contributed by atoms with Crippen LogP contribution in [0.25, 0.3) is 0 Å². The van der Waals surface area contributed by atoms with Crippen LogP contribution in [-0.2, 0) is 11.2 Å². The van der Waals surface area contributed by atoms with Gasteiger partial charge in [-0.3, -0.25) is 19.7 Å². The number of benzene rings is 2. The predicted octanol–water partition coefficient (Wildman–Crippen LogP) is 2.48. The summed E-state index contributed by atoms with van der Waals surface area (Å²) in [6.07, 6.45) is 0.215. The first-order valence-electron chi connectivity index (χ1n) is 8.87. The number of likely N-dealkylation sites (N-methyl/N-ethyl adjacent to an activating group) is 1. The van der Waals surface area contributed by atoms with Gasteiger partial charge >= 0.3 is 0 Å². The lowest BCUT2D eigenvalue weighted by Gasteiger charge is -2.35. The molecule has 1 saturated heterocycles. The Morgan fingerprint density at radius 2 is 1.82 bits per heavy atom. The molecule has 4 rings (SSSR count). The molecule has 28 heavy (non-hydrogen) atoms. The van der Waals surface area contributed by atoms with E-state index in [0.29, 0.717) is 24.3 Å². The number of amides is 3. The van der Waals surface area contributed by atoms with E-state index in [4.69, 9.17) is 4.74 Å². The number of rotatable bonds is 5. The minimum atomic E-state index is -0.384. The highest BCUT2D eigenvalue weighted by Gasteiger charge is 2.31. The number of anilines is 1. The van der Waals surface area contributed by atoms with Crippen molar-refractivity contribution in [2.75, 3.05) is 19.0 Å². The van der Waals surface area contributed by atoms with Crippen LogP contribution in [-0.4, -0.2) is 47.0 Å². The Morgan fingerprint density at radius 1 is 1.07 bits per heavy atom. The molecule has 2 N–H and O–H groups in total. The molecular weight excluding hydrogens is 378 g/mol. The summed E-state index contributed by atoms with van der Waals surface area (Å²) >= 11 is 1.02. The van der Waals surface area contributed by atoms with E-state index in [9.17, 15) is 14.4 Å². The number of fused-ring (bicyclic) bond motifs is 1. The standard InChI is InChI=1S/C20H19N3O4S/c1-23-17(21-15-5-3-2-4-14(15)19(23)25)11-27-13-8-6-12(7-9-13)10-16-18(24)22-20(26)28-16/h2-9,16-17,21H,10-11H2,1H3,(H,22,24,26)/t16-,17+/m1/s1. The zero-order valence-electron chi connectivity index (χ0n) is 15.2. The van der Waals surface area contributed by atoms with Crippen molar-refractivity contribution in [2.45, 2.75) is 17.8 Å². The molecule has 0 aliphatic carbocycles. The highest BCUT2D eigenvalue weighted by molar-refractivity contribution is 8.15. The maximum absolute atomic E-state index is 12.5. The molecule has 8 heteroatoms. The topological polar surface area (TPSA) is 87.7 Å². The lowest BCUT2D eigenvalue weighted by Crippen LogP contribution is -2.49. The molecule has 2 heterocycles. The van der Waals surface area contributed by atoms with Crippen molar-refractivity contribution in [3.8, 4) is 5.75 Å². The summed E-state index contributed by atoms with van der Waals surface area (Å²) in [5, 5.41) is 4.93. The average Bonchev–Trinajstić information content (AvgIpc) is 3.01. The average molecular weight is 397 g/mol. The summed E-state index contributed by atoms with van der Waals surface area (Å²) in [6, 6.07) is 14.8. The highest BCUT2D eigenvalue weighted by Crippen LogP contribution is 2.26. The molecule has 0 spiro atoms. The summed E-state index contributed by atoms with van der Waals surface area (Å²) < 4.78 is 5.85. The van der Waals surface area contributed by atoms with Gasteiger partial charge in [0.2, 0.25) is 5.91 Å². The quantitative estimate of drug-likeness (QED) is 0.806. The fourth-order valence-electron chi connectivity index (χ4n) is 3.20. The number of para-hydroxylation sites is 1. The molecule has 2 aliphatic heterocycles. The largest absolute Gasteiger partial charge is 0.489 e. The number of thioether (sulfide) groups is 1. The minimum absolute atomic E-state index is 0.0415. The number of hydrogen-bond acceptors (Lipinski definition) is 6. The van der Waals surface area contributed by atoms with Gasteiger partial charge in [0.05, 0.1) is 10.8 Å². The van der Waals surface area contributed by atoms with Crippen LogP contribution < -0.4 is 15.4 Å². The molecule has 0 aromatic heterocycles. The molecule has 7 nitrogen and oxygen atoms in total. The molecule has 0 saturated carbocycles. The summed E-state index contributed by atoms with van der Waals surface area (Å²) in [5.74, 6) is 0.386. The molecule has 3 amide bonds. The van der Waals surface area contributed by atoms with Gasteiger partial charge in [-0.2, -0.15) is 0 Å². The number of ether oxygens (including phenoxy) is 1. The third-order valence-electron chi connectivity index (χ3n) is 4.79. The highest BCUT2D eigenvalue weighted by atomic mass is 32.2. The lowest BCUT2D eigenvalue weighted by molar-refractivity contribution is -0.118. The van der Waals surface area contributed by atoms with Crippen LogP contribution in [0.15, 0.2) is 48.5 Å². The minimum Gasteiger partial charge on any atom is -0.489 e. The Morgan fingerprint density at radius 3 is 2.54 bits per heavy atom. The zero-order chi connectivity index (χ0) is 19.7. The molecule has 2 aromatic carbocycles. The summed E-state index contributed by atoms with van der Waals surface area (Å²) in [6.45, 7) is 0.297. The van der Waals surface area contributed by atoms with Crippen LogP contribution in [0.1, 0.15) is 15.9 Å². The van der Waals surface area contributed by atoms with E-state index in [1.54, 1.807) is 18.0 Å². The van der Waals surface area contributed by atoms with Crippen LogP contribution in [0.5, 0.6) is 5.75 Å². The summed E-state index contributed by atoms with van der Waals surface area (Å²) in [4.78, 5) is 37.0. The second-order valence-corrected chi connectivity index (χ2v) is 7.84. The maximum Gasteiger partial charge on any atom is 0.286 e. The number of carbonyl (C=O) groups is 3. The first-order valence-corrected chi connectivity index (χ1v) is 9.75. The van der Waals surface area contributed by atoms with Gasteiger partial charge in [0.1, 0.15) is 18.5 Å². The van der Waals surface area contributed by atoms with Gasteiger partial charge in [0, 0.05) is 12.7 Å². The van der Waals surface area contributed by atoms with Crippen molar-refractivity contribution in [1.82, 2.24) is 10.2 Å². The van der Waals surface area contributed by atoms with Gasteiger partial charge in [0.15, 0.2) is 0 Å². The van der Waals surface area contributed by atoms with Crippen LogP contribution in [0, 0.1) is 0 Å². The third-order valence-corrected chi connectivity index (χ3v) is 5.77. The van der Waals surface area contributed by atoms with Crippen molar-refractivity contribution in [2.24, 2.45) is 0 Å². The van der Waals surface area contributed by atoms with E-state index in [1.165, 1.54) is 0 Å². The first-order chi connectivity index (χ1) is 13.5. The number of carbonyl (C=O) groups excluding carboxylic acids is 3. The molecule has 2 aromatic rings. The molecule has 2 aliphatic rings. The number of nitrogens with zero attached hydrogens (tertiary/aromatic N) is 1. The van der Waals surface area contributed by atoms with E-state index in [1.807, 2.05) is 42.5 Å². The Labute approximate surface area is 166 Å². The van der Waals surface area contributed by atoms with Gasteiger partial charge in [0.25, 0.3) is 11.1 Å². The van der Waals surface area contributed by atoms with Gasteiger partial charge < -0.3 is 15.0 Å². The van der Waals surface area contributed by atoms with Crippen LogP contribution >= 0.6 is 11.8 Å². The number of imide groups is 1. The zero-order valence-corrected chi connectivity index (χ0v) is 16.0. The van der Waals surface area contributed by atoms with E-state index in [-0.39, 0.29) is 28.5 Å². The van der Waals surface area contributed by atoms with Crippen molar-refractivity contribution in [3.05, 3.63) is 59.7 Å². The fourth-order valence-corrected chi connectivity index (χ4v) is 4.06. The SMILES string of the molecule is CN1C(=O)c2ccccc2N[C@@H]1COc1ccc(C[C@H]2SC(=O)NC2=O)cc1. The number of hydrogen-bond donors (Lipinski definition) is 2. The van der Waals surface area contributed by atoms with Gasteiger partial charge in [-0.25, -0.2) is 0 Å². The third kappa shape index (κ3) is 3.68. The van der Waals surface area contributed by atoms with Gasteiger partial charge in [-0.05, 0) is 36.2 Å². The first kappa shape index (κ1) is 18.4. The maximum atomic E-state index is 12.5. The van der Waals surface area contributed by atoms with Crippen LogP contribution in [0.4, 0.5) is 10.5 Å². The predicted molar refractivity (Wildman–Crippen MR) is 107 cm³/mol. The molecule has 0 unspecified atom stereocenters. The van der Waals surface area contributed by atoms with E-state index in [2.05, 4.69) is 10.6 Å². The van der Waals surface area contributed by atoms with E-state index in [0.717, 1.165) is 23.0 Å². The normalized spacial score (nSPS) is 21.2. The fraction of sp³-hybridized carbons (Fsp3) is 0.250. The van der Waals surface area contributed by atoms with Crippen LogP contribution in [0.2, 0.25) is 0 Å². The van der Waals surface area contributed by atoms with Crippen molar-refractivity contribution in [1.29, 1.82) is 0 Å². The Balaban J connectivity index is 1.36. The second-order valence-electron chi connectivity index (χ2n) is 6.66. The smallest absolute Gasteiger partial charge is 0.286 e. The van der Waals surface area contributed by atoms with Gasteiger partial charge in [-0.1, -0.05) is 36.0 Å². The number of nitrogens with one attached hydrogen (secondary N) is 2. The second kappa shape index (κ2) is 7.55. The Bertz CT molecular complexity index is 931. The molecule has 144 valence electrons. The monoisotopic (exact) mass is 397 g/mol. The van der Waals surface area contributed by atoms with Crippen LogP contribution in [0.3, 0.4) is 0 Å². The molecular formula is C20H19N3O4S. The summed E-state index contributed by atoms with van der Waals surface area (Å²) in [7, 11) is 1.74. The molecule has 2 atom stereocenters.